The van der Waals surface area contributed by atoms with E-state index in [0.717, 1.165) is 16.7 Å². The zero-order valence-corrected chi connectivity index (χ0v) is 17.2. The monoisotopic (exact) mass is 419 g/mol. The number of amides is 2. The average molecular weight is 420 g/mol. The zero-order valence-electron chi connectivity index (χ0n) is 15.7. The lowest BCUT2D eigenvalue weighted by atomic mass is 10.1. The molecule has 148 valence electrons. The molecule has 0 unspecified atom stereocenters. The van der Waals surface area contributed by atoms with Crippen molar-refractivity contribution in [1.82, 2.24) is 16.2 Å². The smallest absolute Gasteiger partial charge is 0.276 e. The van der Waals surface area contributed by atoms with Gasteiger partial charge in [0.2, 0.25) is 5.91 Å². The molecule has 0 saturated heterocycles. The van der Waals surface area contributed by atoms with Gasteiger partial charge in [-0.15, -0.1) is 0 Å². The van der Waals surface area contributed by atoms with E-state index in [1.54, 1.807) is 12.1 Å². The van der Waals surface area contributed by atoms with Crippen LogP contribution >= 0.6 is 23.8 Å². The molecule has 0 radical (unpaired) electrons. The minimum atomic E-state index is -0.423. The number of carbonyl (C=O) groups excluding carboxylic acids is 2. The molecule has 2 aromatic carbocycles. The van der Waals surface area contributed by atoms with E-state index < -0.39 is 5.91 Å². The Morgan fingerprint density at radius 3 is 2.54 bits per heavy atom. The summed E-state index contributed by atoms with van der Waals surface area (Å²) in [6, 6.07) is 13.0. The Hall–Kier alpha value is -2.64. The molecule has 0 heterocycles. The van der Waals surface area contributed by atoms with Crippen LogP contribution in [-0.4, -0.2) is 23.5 Å². The predicted octanol–water partition coefficient (Wildman–Crippen LogP) is 2.99. The molecule has 0 aliphatic heterocycles. The van der Waals surface area contributed by atoms with Gasteiger partial charge in [0, 0.05) is 11.4 Å². The van der Waals surface area contributed by atoms with Crippen molar-refractivity contribution in [2.45, 2.75) is 26.7 Å². The molecular weight excluding hydrogens is 398 g/mol. The number of hydrogen-bond acceptors (Lipinski definition) is 4. The van der Waals surface area contributed by atoms with Crippen molar-refractivity contribution in [1.29, 1.82) is 0 Å². The lowest BCUT2D eigenvalue weighted by Gasteiger charge is -2.13. The Morgan fingerprint density at radius 1 is 1.04 bits per heavy atom. The van der Waals surface area contributed by atoms with Crippen LogP contribution < -0.4 is 20.9 Å². The first-order valence-corrected chi connectivity index (χ1v) is 9.46. The number of aryl methyl sites for hydroxylation is 2. The fourth-order valence-electron chi connectivity index (χ4n) is 2.36. The van der Waals surface area contributed by atoms with Crippen LogP contribution in [0.15, 0.2) is 42.5 Å². The maximum Gasteiger partial charge on any atom is 0.276 e. The molecule has 0 aliphatic rings. The van der Waals surface area contributed by atoms with E-state index in [1.807, 2.05) is 44.2 Å². The molecule has 0 aliphatic carbocycles. The zero-order chi connectivity index (χ0) is 20.5. The van der Waals surface area contributed by atoms with E-state index in [0.29, 0.717) is 17.2 Å². The second-order valence-electron chi connectivity index (χ2n) is 6.13. The predicted molar refractivity (Wildman–Crippen MR) is 113 cm³/mol. The second kappa shape index (κ2) is 10.6. The second-order valence-corrected chi connectivity index (χ2v) is 6.94. The van der Waals surface area contributed by atoms with Crippen LogP contribution in [0.2, 0.25) is 5.02 Å². The Morgan fingerprint density at radius 2 is 1.79 bits per heavy atom. The van der Waals surface area contributed by atoms with E-state index in [2.05, 4.69) is 16.2 Å². The highest BCUT2D eigenvalue weighted by Crippen LogP contribution is 2.20. The first-order chi connectivity index (χ1) is 13.4. The highest BCUT2D eigenvalue weighted by Gasteiger charge is 2.09. The first-order valence-electron chi connectivity index (χ1n) is 8.68. The highest BCUT2D eigenvalue weighted by molar-refractivity contribution is 7.80. The van der Waals surface area contributed by atoms with E-state index in [1.165, 1.54) is 0 Å². The minimum absolute atomic E-state index is 0.00393. The third-order valence-corrected chi connectivity index (χ3v) is 4.63. The summed E-state index contributed by atoms with van der Waals surface area (Å²) in [6.07, 6.45) is 0.708. The van der Waals surface area contributed by atoms with Crippen molar-refractivity contribution >= 4 is 40.7 Å². The molecule has 0 atom stereocenters. The number of carbonyl (C=O) groups is 2. The molecule has 2 aromatic rings. The molecule has 0 aromatic heterocycles. The summed E-state index contributed by atoms with van der Waals surface area (Å²) in [7, 11) is 0. The van der Waals surface area contributed by atoms with Crippen molar-refractivity contribution in [3.8, 4) is 5.75 Å². The number of benzene rings is 2. The normalized spacial score (nSPS) is 10.1. The van der Waals surface area contributed by atoms with Gasteiger partial charge >= 0.3 is 0 Å². The molecule has 2 amide bonds. The topological polar surface area (TPSA) is 79.5 Å². The number of thiocarbonyl (C=S) groups is 1. The Labute approximate surface area is 174 Å². The number of nitrogens with one attached hydrogen (secondary N) is 3. The van der Waals surface area contributed by atoms with Gasteiger partial charge in [0.15, 0.2) is 11.7 Å². The molecule has 0 fully saturated rings. The van der Waals surface area contributed by atoms with Gasteiger partial charge in [0.1, 0.15) is 5.75 Å². The van der Waals surface area contributed by atoms with Gasteiger partial charge in [-0.1, -0.05) is 41.9 Å². The van der Waals surface area contributed by atoms with Crippen LogP contribution in [-0.2, 0) is 16.0 Å². The number of ether oxygens (including phenoxy) is 1. The molecule has 2 rings (SSSR count). The fraction of sp³-hybridized carbons (Fsp3) is 0.250. The maximum absolute atomic E-state index is 11.9. The van der Waals surface area contributed by atoms with Crippen molar-refractivity contribution in [2.24, 2.45) is 0 Å². The number of halogens is 1. The SMILES string of the molecule is Cc1cccc(OCC(=O)NNC(=S)NC(=O)CCc2ccccc2Cl)c1C. The van der Waals surface area contributed by atoms with E-state index in [9.17, 15) is 9.59 Å². The van der Waals surface area contributed by atoms with Gasteiger partial charge in [-0.3, -0.25) is 20.4 Å². The van der Waals surface area contributed by atoms with Gasteiger partial charge in [-0.2, -0.15) is 0 Å². The van der Waals surface area contributed by atoms with E-state index in [4.69, 9.17) is 28.6 Å². The molecular formula is C20H22ClN3O3S. The Balaban J connectivity index is 1.68. The number of hydrazine groups is 1. The van der Waals surface area contributed by atoms with Crippen molar-refractivity contribution in [3.05, 3.63) is 64.2 Å². The van der Waals surface area contributed by atoms with Gasteiger partial charge in [0.05, 0.1) is 0 Å². The van der Waals surface area contributed by atoms with Gasteiger partial charge < -0.3 is 10.1 Å². The highest BCUT2D eigenvalue weighted by atomic mass is 35.5. The minimum Gasteiger partial charge on any atom is -0.483 e. The summed E-state index contributed by atoms with van der Waals surface area (Å²) in [5.41, 5.74) is 7.80. The summed E-state index contributed by atoms with van der Waals surface area (Å²) in [6.45, 7) is 3.71. The lowest BCUT2D eigenvalue weighted by Crippen LogP contribution is -2.49. The lowest BCUT2D eigenvalue weighted by molar-refractivity contribution is -0.124. The molecule has 0 bridgehead atoms. The largest absolute Gasteiger partial charge is 0.483 e. The van der Waals surface area contributed by atoms with Crippen molar-refractivity contribution in [3.63, 3.8) is 0 Å². The quantitative estimate of drug-likeness (QED) is 0.495. The van der Waals surface area contributed by atoms with Gasteiger partial charge in [-0.25, -0.2) is 0 Å². The fourth-order valence-corrected chi connectivity index (χ4v) is 2.75. The third kappa shape index (κ3) is 6.83. The van der Waals surface area contributed by atoms with Crippen molar-refractivity contribution < 1.29 is 14.3 Å². The van der Waals surface area contributed by atoms with Crippen LogP contribution in [0, 0.1) is 13.8 Å². The molecule has 0 saturated carbocycles. The van der Waals surface area contributed by atoms with Crippen LogP contribution in [0.1, 0.15) is 23.1 Å². The average Bonchev–Trinajstić information content (AvgIpc) is 2.67. The number of hydrogen-bond donors (Lipinski definition) is 3. The molecule has 8 heteroatoms. The maximum atomic E-state index is 11.9. The van der Waals surface area contributed by atoms with Gasteiger partial charge in [-0.05, 0) is 61.3 Å². The van der Waals surface area contributed by atoms with Crippen LogP contribution in [0.3, 0.4) is 0 Å². The first kappa shape index (κ1) is 21.7. The summed E-state index contributed by atoms with van der Waals surface area (Å²) in [4.78, 5) is 23.8. The molecule has 0 spiro atoms. The summed E-state index contributed by atoms with van der Waals surface area (Å²) in [5, 5.41) is 3.12. The summed E-state index contributed by atoms with van der Waals surface area (Å²) in [5.74, 6) is -0.0579. The van der Waals surface area contributed by atoms with E-state index in [-0.39, 0.29) is 24.0 Å². The van der Waals surface area contributed by atoms with Crippen LogP contribution in [0.5, 0.6) is 5.75 Å². The number of rotatable bonds is 6. The van der Waals surface area contributed by atoms with Crippen molar-refractivity contribution in [2.75, 3.05) is 6.61 Å². The molecule has 3 N–H and O–H groups in total. The van der Waals surface area contributed by atoms with Crippen LogP contribution in [0.4, 0.5) is 0 Å². The standard InChI is InChI=1S/C20H22ClN3O3S/c1-13-6-5-9-17(14(13)2)27-12-19(26)23-24-20(28)22-18(25)11-10-15-7-3-4-8-16(15)21/h3-9H,10-12H2,1-2H3,(H,23,26)(H2,22,24,25,28). The molecule has 6 nitrogen and oxygen atoms in total. The Bertz CT molecular complexity index is 874. The molecule has 28 heavy (non-hydrogen) atoms. The third-order valence-electron chi connectivity index (χ3n) is 4.06. The van der Waals surface area contributed by atoms with Gasteiger partial charge in [0.25, 0.3) is 5.91 Å². The Kier molecular flexibility index (Phi) is 8.22. The van der Waals surface area contributed by atoms with Crippen LogP contribution in [0.25, 0.3) is 0 Å². The summed E-state index contributed by atoms with van der Waals surface area (Å²) < 4.78 is 5.50. The summed E-state index contributed by atoms with van der Waals surface area (Å²) >= 11 is 11.1. The van der Waals surface area contributed by atoms with E-state index >= 15 is 0 Å².